The number of nitriles is 1. The molecule has 0 aliphatic rings. The van der Waals surface area contributed by atoms with Crippen molar-refractivity contribution in [3.8, 4) is 6.07 Å². The molecule has 0 saturated carbocycles. The predicted octanol–water partition coefficient (Wildman–Crippen LogP) is 2.04. The molecule has 0 bridgehead atoms. The zero-order chi connectivity index (χ0) is 8.55. The van der Waals surface area contributed by atoms with Crippen molar-refractivity contribution in [2.24, 2.45) is 0 Å². The number of aromatic amines is 1. The number of fused-ring (bicyclic) bond motifs is 1. The van der Waals surface area contributed by atoms with Gasteiger partial charge in [-0.15, -0.1) is 0 Å². The minimum absolute atomic E-state index is 0.644. The number of nitrogens with one attached hydrogen (secondary N) is 1. The Bertz CT molecular complexity index is 467. The first-order chi connectivity index (χ1) is 5.81. The first-order valence-electron chi connectivity index (χ1n) is 3.35. The number of benzene rings is 1. The molecule has 0 atom stereocenters. The molecule has 58 valence electrons. The molecule has 0 unspecified atom stereocenters. The maximum atomic E-state index is 8.61. The fourth-order valence-electron chi connectivity index (χ4n) is 1.05. The molecule has 1 N–H and O–H groups in total. The first-order valence-corrected chi connectivity index (χ1v) is 4.43. The highest BCUT2D eigenvalue weighted by molar-refractivity contribution is 14.1. The number of aromatic nitrogens is 2. The smallest absolute Gasteiger partial charge is 0.104 e. The van der Waals surface area contributed by atoms with Crippen molar-refractivity contribution in [3.05, 3.63) is 27.5 Å². The van der Waals surface area contributed by atoms with Crippen molar-refractivity contribution in [1.82, 2.24) is 10.2 Å². The van der Waals surface area contributed by atoms with Crippen molar-refractivity contribution >= 4 is 33.5 Å². The summed E-state index contributed by atoms with van der Waals surface area (Å²) >= 11 is 2.18. The molecule has 0 aliphatic carbocycles. The lowest BCUT2D eigenvalue weighted by Gasteiger charge is -1.88. The highest BCUT2D eigenvalue weighted by Crippen LogP contribution is 2.18. The zero-order valence-corrected chi connectivity index (χ0v) is 8.16. The van der Waals surface area contributed by atoms with Crippen LogP contribution in [0.4, 0.5) is 0 Å². The predicted molar refractivity (Wildman–Crippen MR) is 53.5 cm³/mol. The summed E-state index contributed by atoms with van der Waals surface area (Å²) in [7, 11) is 0. The first kappa shape index (κ1) is 7.55. The van der Waals surface area contributed by atoms with Crippen LogP contribution in [-0.2, 0) is 0 Å². The third-order valence-corrected chi connectivity index (χ3v) is 2.46. The van der Waals surface area contributed by atoms with Gasteiger partial charge in [0.2, 0.25) is 0 Å². The molecule has 0 radical (unpaired) electrons. The summed E-state index contributed by atoms with van der Waals surface area (Å²) in [5.41, 5.74) is 1.49. The maximum absolute atomic E-state index is 8.61. The molecular formula is C8H4IN3. The molecule has 4 heteroatoms. The van der Waals surface area contributed by atoms with Crippen LogP contribution in [0.2, 0.25) is 0 Å². The van der Waals surface area contributed by atoms with Crippen LogP contribution < -0.4 is 0 Å². The van der Waals surface area contributed by atoms with Crippen LogP contribution in [0.1, 0.15) is 5.56 Å². The van der Waals surface area contributed by atoms with E-state index in [2.05, 4.69) is 38.9 Å². The van der Waals surface area contributed by atoms with Gasteiger partial charge in [-0.3, -0.25) is 5.10 Å². The van der Waals surface area contributed by atoms with Crippen LogP contribution in [0.3, 0.4) is 0 Å². The molecule has 1 heterocycles. The summed E-state index contributed by atoms with van der Waals surface area (Å²) in [5, 5.41) is 16.6. The average molecular weight is 269 g/mol. The summed E-state index contributed by atoms with van der Waals surface area (Å²) in [4.78, 5) is 0. The second kappa shape index (κ2) is 2.75. The number of halogens is 1. The summed E-state index contributed by atoms with van der Waals surface area (Å²) in [5.74, 6) is 0. The molecule has 1 aromatic heterocycles. The third-order valence-electron chi connectivity index (χ3n) is 1.64. The summed E-state index contributed by atoms with van der Waals surface area (Å²) in [6.07, 6.45) is 0. The van der Waals surface area contributed by atoms with E-state index in [1.807, 2.05) is 6.07 Å². The summed E-state index contributed by atoms with van der Waals surface area (Å²) < 4.78 is 1.01. The SMILES string of the molecule is N#Cc1ccc2c(I)[nH]nc2c1. The van der Waals surface area contributed by atoms with Gasteiger partial charge in [0.15, 0.2) is 0 Å². The monoisotopic (exact) mass is 269 g/mol. The Morgan fingerprint density at radius 2 is 2.33 bits per heavy atom. The molecular weight excluding hydrogens is 265 g/mol. The lowest BCUT2D eigenvalue weighted by Crippen LogP contribution is -1.73. The molecule has 0 fully saturated rings. The molecule has 3 nitrogen and oxygen atoms in total. The van der Waals surface area contributed by atoms with Gasteiger partial charge in [0, 0.05) is 5.39 Å². The molecule has 0 saturated heterocycles. The van der Waals surface area contributed by atoms with Gasteiger partial charge in [0.25, 0.3) is 0 Å². The van der Waals surface area contributed by atoms with E-state index >= 15 is 0 Å². The minimum Gasteiger partial charge on any atom is -0.271 e. The van der Waals surface area contributed by atoms with Gasteiger partial charge in [0.05, 0.1) is 17.1 Å². The fraction of sp³-hybridized carbons (Fsp3) is 0. The van der Waals surface area contributed by atoms with E-state index in [0.717, 1.165) is 14.6 Å². The van der Waals surface area contributed by atoms with Gasteiger partial charge in [-0.05, 0) is 40.8 Å². The Morgan fingerprint density at radius 3 is 3.08 bits per heavy atom. The van der Waals surface area contributed by atoms with Crippen LogP contribution in [-0.4, -0.2) is 10.2 Å². The van der Waals surface area contributed by atoms with E-state index in [1.165, 1.54) is 0 Å². The fourth-order valence-corrected chi connectivity index (χ4v) is 1.63. The second-order valence-electron chi connectivity index (χ2n) is 2.38. The van der Waals surface area contributed by atoms with Crippen LogP contribution >= 0.6 is 22.6 Å². The number of hydrogen-bond donors (Lipinski definition) is 1. The number of rotatable bonds is 0. The maximum Gasteiger partial charge on any atom is 0.104 e. The standard InChI is InChI=1S/C8H4IN3/c9-8-6-2-1-5(4-10)3-7(6)11-12-8/h1-3H,(H,11,12). The Morgan fingerprint density at radius 1 is 1.50 bits per heavy atom. The highest BCUT2D eigenvalue weighted by Gasteiger charge is 2.01. The van der Waals surface area contributed by atoms with Crippen molar-refractivity contribution in [3.63, 3.8) is 0 Å². The van der Waals surface area contributed by atoms with Gasteiger partial charge < -0.3 is 0 Å². The summed E-state index contributed by atoms with van der Waals surface area (Å²) in [6.45, 7) is 0. The van der Waals surface area contributed by atoms with Gasteiger partial charge >= 0.3 is 0 Å². The zero-order valence-electron chi connectivity index (χ0n) is 6.00. The van der Waals surface area contributed by atoms with E-state index in [0.29, 0.717) is 5.56 Å². The second-order valence-corrected chi connectivity index (χ2v) is 3.46. The van der Waals surface area contributed by atoms with E-state index in [-0.39, 0.29) is 0 Å². The quantitative estimate of drug-likeness (QED) is 0.744. The normalized spacial score (nSPS) is 10.0. The number of hydrogen-bond acceptors (Lipinski definition) is 2. The Labute approximate surface area is 82.5 Å². The Hall–Kier alpha value is -1.09. The molecule has 0 aliphatic heterocycles. The molecule has 0 amide bonds. The van der Waals surface area contributed by atoms with Gasteiger partial charge in [-0.2, -0.15) is 10.4 Å². The van der Waals surface area contributed by atoms with Gasteiger partial charge in [-0.25, -0.2) is 0 Å². The average Bonchev–Trinajstić information content (AvgIpc) is 2.47. The molecule has 2 rings (SSSR count). The summed E-state index contributed by atoms with van der Waals surface area (Å²) in [6, 6.07) is 7.54. The largest absolute Gasteiger partial charge is 0.271 e. The topological polar surface area (TPSA) is 52.5 Å². The molecule has 12 heavy (non-hydrogen) atoms. The van der Waals surface area contributed by atoms with Crippen LogP contribution in [0.25, 0.3) is 10.9 Å². The van der Waals surface area contributed by atoms with Crippen molar-refractivity contribution in [2.75, 3.05) is 0 Å². The van der Waals surface area contributed by atoms with E-state index in [4.69, 9.17) is 5.26 Å². The van der Waals surface area contributed by atoms with Crippen molar-refractivity contribution in [1.29, 1.82) is 5.26 Å². The Balaban J connectivity index is 2.80. The molecule has 1 aromatic carbocycles. The van der Waals surface area contributed by atoms with Crippen molar-refractivity contribution < 1.29 is 0 Å². The minimum atomic E-state index is 0.644. The van der Waals surface area contributed by atoms with E-state index in [1.54, 1.807) is 12.1 Å². The number of H-pyrrole nitrogens is 1. The van der Waals surface area contributed by atoms with E-state index < -0.39 is 0 Å². The van der Waals surface area contributed by atoms with E-state index in [9.17, 15) is 0 Å². The lowest BCUT2D eigenvalue weighted by molar-refractivity contribution is 1.09. The van der Waals surface area contributed by atoms with Crippen molar-refractivity contribution in [2.45, 2.75) is 0 Å². The van der Waals surface area contributed by atoms with Gasteiger partial charge in [-0.1, -0.05) is 0 Å². The number of nitrogens with zero attached hydrogens (tertiary/aromatic N) is 2. The molecule has 0 spiro atoms. The molecule has 2 aromatic rings. The van der Waals surface area contributed by atoms with Crippen LogP contribution in [0, 0.1) is 15.0 Å². The Kier molecular flexibility index (Phi) is 1.73. The highest BCUT2D eigenvalue weighted by atomic mass is 127. The van der Waals surface area contributed by atoms with Gasteiger partial charge in [0.1, 0.15) is 3.70 Å². The lowest BCUT2D eigenvalue weighted by atomic mass is 10.2. The van der Waals surface area contributed by atoms with Crippen LogP contribution in [0.5, 0.6) is 0 Å². The third kappa shape index (κ3) is 1.06. The van der Waals surface area contributed by atoms with Crippen LogP contribution in [0.15, 0.2) is 18.2 Å².